The molecule has 1 aliphatic heterocycles. The molecule has 8 heteroatoms. The van der Waals surface area contributed by atoms with Gasteiger partial charge in [-0.1, -0.05) is 29.4 Å². The van der Waals surface area contributed by atoms with Gasteiger partial charge in [-0.2, -0.15) is 0 Å². The Morgan fingerprint density at radius 3 is 2.78 bits per heavy atom. The van der Waals surface area contributed by atoms with Crippen molar-refractivity contribution in [3.05, 3.63) is 53.1 Å². The molecule has 3 aromatic rings. The van der Waals surface area contributed by atoms with Crippen LogP contribution in [0, 0.1) is 0 Å². The highest BCUT2D eigenvalue weighted by Gasteiger charge is 2.16. The van der Waals surface area contributed by atoms with Crippen molar-refractivity contribution < 1.29 is 18.7 Å². The summed E-state index contributed by atoms with van der Waals surface area (Å²) in [6.45, 7) is 1.19. The zero-order valence-electron chi connectivity index (χ0n) is 14.2. The largest absolute Gasteiger partial charge is 0.490 e. The molecular weight excluding hydrogens is 388 g/mol. The van der Waals surface area contributed by atoms with Crippen LogP contribution in [0.1, 0.15) is 16.8 Å². The molecule has 0 saturated heterocycles. The molecule has 0 spiro atoms. The Balaban J connectivity index is 1.42. The number of thioether (sulfide) groups is 1. The fourth-order valence-electron chi connectivity index (χ4n) is 2.55. The van der Waals surface area contributed by atoms with Crippen LogP contribution in [0.25, 0.3) is 11.5 Å². The highest BCUT2D eigenvalue weighted by Crippen LogP contribution is 2.31. The number of hydrogen-bond donors (Lipinski definition) is 0. The van der Waals surface area contributed by atoms with Crippen LogP contribution in [-0.4, -0.2) is 34.9 Å². The van der Waals surface area contributed by atoms with Crippen molar-refractivity contribution in [3.8, 4) is 23.0 Å². The first-order valence-corrected chi connectivity index (χ1v) is 9.70. The summed E-state index contributed by atoms with van der Waals surface area (Å²) in [6, 6.07) is 12.4. The fraction of sp³-hybridized carbons (Fsp3) is 0.211. The summed E-state index contributed by atoms with van der Waals surface area (Å²) >= 11 is 7.16. The van der Waals surface area contributed by atoms with E-state index in [2.05, 4.69) is 10.2 Å². The molecule has 0 amide bonds. The topological polar surface area (TPSA) is 74.5 Å². The third-order valence-corrected chi connectivity index (χ3v) is 4.93. The third kappa shape index (κ3) is 4.26. The molecule has 0 saturated carbocycles. The molecule has 0 aliphatic carbocycles. The van der Waals surface area contributed by atoms with Crippen LogP contribution in [0.2, 0.25) is 5.02 Å². The van der Waals surface area contributed by atoms with Gasteiger partial charge in [0.15, 0.2) is 17.3 Å². The van der Waals surface area contributed by atoms with Crippen LogP contribution in [-0.2, 0) is 0 Å². The standard InChI is InChI=1S/C19H15ClN2O4S/c20-14-4-1-3-13(9-14)18-21-22-19(26-18)27-11-15(23)12-5-6-16-17(10-12)25-8-2-7-24-16/h1,3-6,9-10H,2,7-8,11H2. The maximum absolute atomic E-state index is 12.5. The molecule has 138 valence electrons. The Labute approximate surface area is 164 Å². The van der Waals surface area contributed by atoms with E-state index in [4.69, 9.17) is 25.5 Å². The number of ketones is 1. The van der Waals surface area contributed by atoms with E-state index >= 15 is 0 Å². The van der Waals surface area contributed by atoms with Gasteiger partial charge in [0.05, 0.1) is 19.0 Å². The Morgan fingerprint density at radius 2 is 1.93 bits per heavy atom. The zero-order chi connectivity index (χ0) is 18.6. The summed E-state index contributed by atoms with van der Waals surface area (Å²) in [6.07, 6.45) is 0.819. The van der Waals surface area contributed by atoms with Crippen LogP contribution >= 0.6 is 23.4 Å². The molecule has 0 atom stereocenters. The van der Waals surface area contributed by atoms with Crippen LogP contribution in [0.5, 0.6) is 11.5 Å². The number of benzene rings is 2. The lowest BCUT2D eigenvalue weighted by molar-refractivity contribution is 0.102. The van der Waals surface area contributed by atoms with E-state index in [1.54, 1.807) is 30.3 Å². The highest BCUT2D eigenvalue weighted by molar-refractivity contribution is 7.99. The first-order chi connectivity index (χ1) is 13.2. The normalized spacial score (nSPS) is 13.2. The summed E-state index contributed by atoms with van der Waals surface area (Å²) in [5.74, 6) is 1.75. The van der Waals surface area contributed by atoms with Gasteiger partial charge in [0.25, 0.3) is 5.22 Å². The lowest BCUT2D eigenvalue weighted by Gasteiger charge is -2.08. The first kappa shape index (κ1) is 17.9. The van der Waals surface area contributed by atoms with Gasteiger partial charge in [0, 0.05) is 22.6 Å². The number of fused-ring (bicyclic) bond motifs is 1. The smallest absolute Gasteiger partial charge is 0.277 e. The molecule has 2 aromatic carbocycles. The number of halogens is 1. The van der Waals surface area contributed by atoms with Crippen molar-refractivity contribution in [1.29, 1.82) is 0 Å². The SMILES string of the molecule is O=C(CSc1nnc(-c2cccc(Cl)c2)o1)c1ccc2c(c1)OCCCO2. The van der Waals surface area contributed by atoms with E-state index < -0.39 is 0 Å². The predicted octanol–water partition coefficient (Wildman–Crippen LogP) is 4.53. The highest BCUT2D eigenvalue weighted by atomic mass is 35.5. The second kappa shape index (κ2) is 8.02. The van der Waals surface area contributed by atoms with Crippen molar-refractivity contribution in [1.82, 2.24) is 10.2 Å². The van der Waals surface area contributed by atoms with Gasteiger partial charge in [0.2, 0.25) is 5.89 Å². The van der Waals surface area contributed by atoms with E-state index in [0.717, 1.165) is 12.0 Å². The maximum atomic E-state index is 12.5. The van der Waals surface area contributed by atoms with E-state index in [0.29, 0.717) is 46.4 Å². The molecular formula is C19H15ClN2O4S. The third-order valence-electron chi connectivity index (χ3n) is 3.87. The summed E-state index contributed by atoms with van der Waals surface area (Å²) in [7, 11) is 0. The monoisotopic (exact) mass is 402 g/mol. The average Bonchev–Trinajstić information content (AvgIpc) is 3.03. The van der Waals surface area contributed by atoms with E-state index in [1.165, 1.54) is 11.8 Å². The molecule has 1 aromatic heterocycles. The van der Waals surface area contributed by atoms with Crippen molar-refractivity contribution in [2.45, 2.75) is 11.6 Å². The molecule has 27 heavy (non-hydrogen) atoms. The molecule has 0 N–H and O–H groups in total. The van der Waals surface area contributed by atoms with E-state index in [9.17, 15) is 4.79 Å². The average molecular weight is 403 g/mol. The molecule has 1 aliphatic rings. The van der Waals surface area contributed by atoms with Gasteiger partial charge >= 0.3 is 0 Å². The number of rotatable bonds is 5. The van der Waals surface area contributed by atoms with Crippen LogP contribution < -0.4 is 9.47 Å². The molecule has 0 bridgehead atoms. The number of carbonyl (C=O) groups excluding carboxylic acids is 1. The van der Waals surface area contributed by atoms with E-state index in [-0.39, 0.29) is 11.5 Å². The minimum Gasteiger partial charge on any atom is -0.490 e. The Kier molecular flexibility index (Phi) is 5.31. The van der Waals surface area contributed by atoms with Gasteiger partial charge in [-0.25, -0.2) is 0 Å². The van der Waals surface area contributed by atoms with Crippen molar-refractivity contribution in [2.75, 3.05) is 19.0 Å². The van der Waals surface area contributed by atoms with Gasteiger partial charge in [-0.05, 0) is 36.4 Å². The van der Waals surface area contributed by atoms with Gasteiger partial charge in [-0.3, -0.25) is 4.79 Å². The summed E-state index contributed by atoms with van der Waals surface area (Å²) in [4.78, 5) is 12.5. The number of hydrogen-bond acceptors (Lipinski definition) is 7. The fourth-order valence-corrected chi connectivity index (χ4v) is 3.40. The van der Waals surface area contributed by atoms with Crippen molar-refractivity contribution in [3.63, 3.8) is 0 Å². The zero-order valence-corrected chi connectivity index (χ0v) is 15.8. The number of aromatic nitrogens is 2. The Morgan fingerprint density at radius 1 is 1.07 bits per heavy atom. The summed E-state index contributed by atoms with van der Waals surface area (Å²) in [5.41, 5.74) is 1.29. The number of Topliss-reactive ketones (excluding diaryl/α,β-unsaturated/α-hetero) is 1. The minimum absolute atomic E-state index is 0.0573. The first-order valence-electron chi connectivity index (χ1n) is 8.34. The summed E-state index contributed by atoms with van der Waals surface area (Å²) < 4.78 is 16.8. The Hall–Kier alpha value is -2.51. The maximum Gasteiger partial charge on any atom is 0.277 e. The molecule has 4 rings (SSSR count). The van der Waals surface area contributed by atoms with Gasteiger partial charge in [-0.15, -0.1) is 10.2 Å². The van der Waals surface area contributed by atoms with Gasteiger partial charge in [0.1, 0.15) is 0 Å². The van der Waals surface area contributed by atoms with Crippen LogP contribution in [0.15, 0.2) is 52.1 Å². The lowest BCUT2D eigenvalue weighted by atomic mass is 10.1. The lowest BCUT2D eigenvalue weighted by Crippen LogP contribution is -2.03. The second-order valence-electron chi connectivity index (χ2n) is 5.81. The van der Waals surface area contributed by atoms with E-state index in [1.807, 2.05) is 12.1 Å². The van der Waals surface area contributed by atoms with Gasteiger partial charge < -0.3 is 13.9 Å². The molecule has 0 radical (unpaired) electrons. The quantitative estimate of drug-likeness (QED) is 0.458. The number of nitrogens with zero attached hydrogens (tertiary/aromatic N) is 2. The number of ether oxygens (including phenoxy) is 2. The predicted molar refractivity (Wildman–Crippen MR) is 102 cm³/mol. The second-order valence-corrected chi connectivity index (χ2v) is 7.17. The number of carbonyl (C=O) groups is 1. The van der Waals surface area contributed by atoms with Crippen molar-refractivity contribution in [2.24, 2.45) is 0 Å². The van der Waals surface area contributed by atoms with Crippen LogP contribution in [0.3, 0.4) is 0 Å². The minimum atomic E-state index is -0.0573. The van der Waals surface area contributed by atoms with Crippen LogP contribution in [0.4, 0.5) is 0 Å². The molecule has 2 heterocycles. The van der Waals surface area contributed by atoms with Crippen molar-refractivity contribution >= 4 is 29.1 Å². The summed E-state index contributed by atoms with van der Waals surface area (Å²) in [5, 5.41) is 8.89. The molecule has 0 fully saturated rings. The Bertz CT molecular complexity index is 976. The molecule has 6 nitrogen and oxygen atoms in total. The molecule has 0 unspecified atom stereocenters.